The number of aliphatic hydroxyl groups is 1. The van der Waals surface area contributed by atoms with Crippen LogP contribution in [-0.4, -0.2) is 45.4 Å². The minimum atomic E-state index is -0.129. The molecule has 2 atom stereocenters. The quantitative estimate of drug-likeness (QED) is 0.884. The lowest BCUT2D eigenvalue weighted by molar-refractivity contribution is 0.00753. The van der Waals surface area contributed by atoms with Crippen molar-refractivity contribution in [3.8, 4) is 0 Å². The van der Waals surface area contributed by atoms with Gasteiger partial charge in [0, 0.05) is 18.9 Å². The standard InChI is InChI=1S/C14H23N3O2/c1-10-15-16-14(19-10)11-6-8-17(9-7-11)12-4-2-3-5-13(12)18/h11-13,18H,2-9H2,1H3/t12-,13+/m0/s1. The first-order valence-corrected chi connectivity index (χ1v) is 7.46. The van der Waals surface area contributed by atoms with Crippen LogP contribution in [0.3, 0.4) is 0 Å². The maximum atomic E-state index is 10.1. The average Bonchev–Trinajstić information content (AvgIpc) is 2.86. The Balaban J connectivity index is 1.57. The van der Waals surface area contributed by atoms with E-state index in [9.17, 15) is 5.11 Å². The summed E-state index contributed by atoms with van der Waals surface area (Å²) in [6.45, 7) is 3.91. The molecule has 0 bridgehead atoms. The zero-order valence-electron chi connectivity index (χ0n) is 11.6. The van der Waals surface area contributed by atoms with Gasteiger partial charge >= 0.3 is 0 Å². The molecule has 19 heavy (non-hydrogen) atoms. The highest BCUT2D eigenvalue weighted by Crippen LogP contribution is 2.31. The van der Waals surface area contributed by atoms with Gasteiger partial charge in [-0.2, -0.15) is 0 Å². The molecule has 1 aliphatic heterocycles. The third kappa shape index (κ3) is 2.82. The summed E-state index contributed by atoms with van der Waals surface area (Å²) in [5, 5.41) is 18.2. The number of aromatic nitrogens is 2. The number of nitrogens with zero attached hydrogens (tertiary/aromatic N) is 3. The Morgan fingerprint density at radius 3 is 2.47 bits per heavy atom. The zero-order valence-corrected chi connectivity index (χ0v) is 11.6. The number of hydrogen-bond donors (Lipinski definition) is 1. The van der Waals surface area contributed by atoms with Crippen molar-refractivity contribution in [2.75, 3.05) is 13.1 Å². The molecule has 2 aliphatic rings. The third-order valence-electron chi connectivity index (χ3n) is 4.58. The molecule has 1 N–H and O–H groups in total. The van der Waals surface area contributed by atoms with Gasteiger partial charge in [-0.15, -0.1) is 10.2 Å². The molecular weight excluding hydrogens is 242 g/mol. The van der Waals surface area contributed by atoms with Crippen molar-refractivity contribution in [2.24, 2.45) is 0 Å². The number of hydrogen-bond acceptors (Lipinski definition) is 5. The van der Waals surface area contributed by atoms with E-state index in [1.807, 2.05) is 6.92 Å². The number of likely N-dealkylation sites (tertiary alicyclic amines) is 1. The molecule has 106 valence electrons. The Labute approximate surface area is 114 Å². The highest BCUT2D eigenvalue weighted by atomic mass is 16.4. The number of aliphatic hydroxyl groups excluding tert-OH is 1. The predicted molar refractivity (Wildman–Crippen MR) is 70.8 cm³/mol. The van der Waals surface area contributed by atoms with Crippen LogP contribution in [-0.2, 0) is 0 Å². The van der Waals surface area contributed by atoms with Crippen LogP contribution in [0.25, 0.3) is 0 Å². The molecule has 3 rings (SSSR count). The SMILES string of the molecule is Cc1nnc(C2CCN([C@H]3CCCC[C@H]3O)CC2)o1. The molecule has 1 saturated carbocycles. The van der Waals surface area contributed by atoms with E-state index in [1.54, 1.807) is 0 Å². The van der Waals surface area contributed by atoms with Gasteiger partial charge < -0.3 is 9.52 Å². The van der Waals surface area contributed by atoms with Gasteiger partial charge in [-0.05, 0) is 38.8 Å². The summed E-state index contributed by atoms with van der Waals surface area (Å²) in [7, 11) is 0. The van der Waals surface area contributed by atoms with Crippen LogP contribution in [0.15, 0.2) is 4.42 Å². The smallest absolute Gasteiger partial charge is 0.219 e. The van der Waals surface area contributed by atoms with E-state index in [0.717, 1.165) is 44.7 Å². The summed E-state index contributed by atoms with van der Waals surface area (Å²) in [4.78, 5) is 2.46. The molecule has 1 saturated heterocycles. The van der Waals surface area contributed by atoms with Gasteiger partial charge in [-0.3, -0.25) is 4.90 Å². The van der Waals surface area contributed by atoms with E-state index in [-0.39, 0.29) is 6.10 Å². The van der Waals surface area contributed by atoms with E-state index < -0.39 is 0 Å². The molecule has 0 spiro atoms. The highest BCUT2D eigenvalue weighted by molar-refractivity contribution is 4.96. The first kappa shape index (κ1) is 13.1. The van der Waals surface area contributed by atoms with Crippen LogP contribution in [0.5, 0.6) is 0 Å². The molecule has 2 fully saturated rings. The molecular formula is C14H23N3O2. The largest absolute Gasteiger partial charge is 0.425 e. The molecule has 2 heterocycles. The number of piperidine rings is 1. The molecule has 0 amide bonds. The second kappa shape index (κ2) is 5.59. The Morgan fingerprint density at radius 2 is 1.84 bits per heavy atom. The fourth-order valence-corrected chi connectivity index (χ4v) is 3.47. The molecule has 1 aliphatic carbocycles. The van der Waals surface area contributed by atoms with Gasteiger partial charge in [0.05, 0.1) is 6.10 Å². The van der Waals surface area contributed by atoms with Gasteiger partial charge in [0.2, 0.25) is 11.8 Å². The van der Waals surface area contributed by atoms with Crippen molar-refractivity contribution in [3.63, 3.8) is 0 Å². The number of aryl methyl sites for hydroxylation is 1. The second-order valence-corrected chi connectivity index (χ2v) is 5.89. The molecule has 1 aromatic heterocycles. The van der Waals surface area contributed by atoms with Crippen LogP contribution in [0.1, 0.15) is 56.2 Å². The Hall–Kier alpha value is -0.940. The lowest BCUT2D eigenvalue weighted by Gasteiger charge is -2.41. The summed E-state index contributed by atoms with van der Waals surface area (Å²) < 4.78 is 5.53. The van der Waals surface area contributed by atoms with Crippen molar-refractivity contribution < 1.29 is 9.52 Å². The van der Waals surface area contributed by atoms with Gasteiger partial charge in [-0.1, -0.05) is 12.8 Å². The average molecular weight is 265 g/mol. The predicted octanol–water partition coefficient (Wildman–Crippen LogP) is 1.86. The minimum absolute atomic E-state index is 0.129. The van der Waals surface area contributed by atoms with Crippen molar-refractivity contribution >= 4 is 0 Å². The first-order chi connectivity index (χ1) is 9.24. The fraction of sp³-hybridized carbons (Fsp3) is 0.857. The summed E-state index contributed by atoms with van der Waals surface area (Å²) in [6.07, 6.45) is 6.53. The molecule has 0 radical (unpaired) electrons. The van der Waals surface area contributed by atoms with Gasteiger partial charge in [-0.25, -0.2) is 0 Å². The third-order valence-corrected chi connectivity index (χ3v) is 4.58. The van der Waals surface area contributed by atoms with E-state index in [2.05, 4.69) is 15.1 Å². The van der Waals surface area contributed by atoms with Crippen LogP contribution in [0, 0.1) is 6.92 Å². The summed E-state index contributed by atoms with van der Waals surface area (Å²) in [6, 6.07) is 0.374. The topological polar surface area (TPSA) is 62.4 Å². The van der Waals surface area contributed by atoms with Gasteiger partial charge in [0.25, 0.3) is 0 Å². The zero-order chi connectivity index (χ0) is 13.2. The Bertz CT molecular complexity index is 413. The summed E-state index contributed by atoms with van der Waals surface area (Å²) in [5.41, 5.74) is 0. The Kier molecular flexibility index (Phi) is 3.84. The van der Waals surface area contributed by atoms with Gasteiger partial charge in [0.1, 0.15) is 0 Å². The van der Waals surface area contributed by atoms with Crippen LogP contribution in [0.2, 0.25) is 0 Å². The molecule has 0 unspecified atom stereocenters. The number of rotatable bonds is 2. The lowest BCUT2D eigenvalue weighted by atomic mass is 9.88. The van der Waals surface area contributed by atoms with E-state index in [4.69, 9.17) is 4.42 Å². The van der Waals surface area contributed by atoms with Crippen LogP contribution >= 0.6 is 0 Å². The van der Waals surface area contributed by atoms with Gasteiger partial charge in [0.15, 0.2) is 0 Å². The molecule has 1 aromatic rings. The molecule has 5 nitrogen and oxygen atoms in total. The lowest BCUT2D eigenvalue weighted by Crippen LogP contribution is -2.48. The normalized spacial score (nSPS) is 30.6. The monoisotopic (exact) mass is 265 g/mol. The van der Waals surface area contributed by atoms with Crippen molar-refractivity contribution in [1.29, 1.82) is 0 Å². The van der Waals surface area contributed by atoms with E-state index >= 15 is 0 Å². The first-order valence-electron chi connectivity index (χ1n) is 7.46. The molecule has 0 aromatic carbocycles. The van der Waals surface area contributed by atoms with E-state index in [0.29, 0.717) is 17.9 Å². The maximum Gasteiger partial charge on any atom is 0.219 e. The second-order valence-electron chi connectivity index (χ2n) is 5.89. The van der Waals surface area contributed by atoms with Crippen LogP contribution in [0.4, 0.5) is 0 Å². The summed E-state index contributed by atoms with van der Waals surface area (Å²) >= 11 is 0. The van der Waals surface area contributed by atoms with Crippen molar-refractivity contribution in [2.45, 2.75) is 63.5 Å². The van der Waals surface area contributed by atoms with Crippen LogP contribution < -0.4 is 0 Å². The fourth-order valence-electron chi connectivity index (χ4n) is 3.47. The highest BCUT2D eigenvalue weighted by Gasteiger charge is 2.32. The van der Waals surface area contributed by atoms with E-state index in [1.165, 1.54) is 12.8 Å². The minimum Gasteiger partial charge on any atom is -0.425 e. The van der Waals surface area contributed by atoms with Crippen molar-refractivity contribution in [3.05, 3.63) is 11.8 Å². The molecule has 5 heteroatoms. The van der Waals surface area contributed by atoms with Crippen molar-refractivity contribution in [1.82, 2.24) is 15.1 Å². The maximum absolute atomic E-state index is 10.1. The Morgan fingerprint density at radius 1 is 1.11 bits per heavy atom. The summed E-state index contributed by atoms with van der Waals surface area (Å²) in [5.74, 6) is 1.85.